The first-order valence-corrected chi connectivity index (χ1v) is 9.82. The monoisotopic (exact) mass is 392 g/mol. The molecule has 0 spiro atoms. The first-order valence-electron chi connectivity index (χ1n) is 9.82. The van der Waals surface area contributed by atoms with Crippen molar-refractivity contribution in [1.82, 2.24) is 25.6 Å². The predicted molar refractivity (Wildman–Crippen MR) is 110 cm³/mol. The van der Waals surface area contributed by atoms with Crippen LogP contribution in [-0.4, -0.2) is 52.4 Å². The number of hydrogen-bond donors (Lipinski definition) is 3. The highest BCUT2D eigenvalue weighted by Gasteiger charge is 2.24. The van der Waals surface area contributed by atoms with E-state index in [2.05, 4.69) is 30.5 Å². The second-order valence-electron chi connectivity index (χ2n) is 7.23. The summed E-state index contributed by atoms with van der Waals surface area (Å²) in [5.41, 5.74) is 1.73. The van der Waals surface area contributed by atoms with E-state index in [1.807, 2.05) is 42.6 Å². The summed E-state index contributed by atoms with van der Waals surface area (Å²) in [5.74, 6) is 0.548. The second kappa shape index (κ2) is 8.72. The molecular weight excluding hydrogens is 368 g/mol. The molecule has 8 nitrogen and oxygen atoms in total. The topological polar surface area (TPSA) is 103 Å². The van der Waals surface area contributed by atoms with E-state index in [-0.39, 0.29) is 30.8 Å². The third-order valence-corrected chi connectivity index (χ3v) is 5.07. The Morgan fingerprint density at radius 3 is 2.86 bits per heavy atom. The fraction of sp³-hybridized carbons (Fsp3) is 0.333. The molecule has 1 aromatic carbocycles. The van der Waals surface area contributed by atoms with Gasteiger partial charge < -0.3 is 20.5 Å². The highest BCUT2D eigenvalue weighted by molar-refractivity contribution is 5.88. The molecule has 0 radical (unpaired) electrons. The van der Waals surface area contributed by atoms with E-state index in [0.717, 1.165) is 41.8 Å². The van der Waals surface area contributed by atoms with E-state index in [1.165, 1.54) is 0 Å². The van der Waals surface area contributed by atoms with Gasteiger partial charge in [-0.2, -0.15) is 0 Å². The number of aromatic nitrogens is 3. The lowest BCUT2D eigenvalue weighted by atomic mass is 10.1. The largest absolute Gasteiger partial charge is 0.354 e. The van der Waals surface area contributed by atoms with Crippen LogP contribution in [0.25, 0.3) is 11.0 Å². The van der Waals surface area contributed by atoms with Crippen LogP contribution >= 0.6 is 0 Å². The molecule has 1 saturated heterocycles. The lowest BCUT2D eigenvalue weighted by Gasteiger charge is -2.34. The van der Waals surface area contributed by atoms with Crippen molar-refractivity contribution < 1.29 is 9.59 Å². The number of anilines is 1. The molecule has 3 aromatic rings. The third-order valence-electron chi connectivity index (χ3n) is 5.07. The third kappa shape index (κ3) is 4.71. The van der Waals surface area contributed by atoms with Crippen LogP contribution in [0.15, 0.2) is 48.9 Å². The molecule has 0 bridgehead atoms. The Labute approximate surface area is 168 Å². The summed E-state index contributed by atoms with van der Waals surface area (Å²) in [6.45, 7) is 1.55. The Hall–Kier alpha value is -3.42. The number of amides is 2. The van der Waals surface area contributed by atoms with Crippen molar-refractivity contribution in [2.45, 2.75) is 25.3 Å². The second-order valence-corrected chi connectivity index (χ2v) is 7.23. The van der Waals surface area contributed by atoms with Gasteiger partial charge in [-0.05, 0) is 24.5 Å². The smallest absolute Gasteiger partial charge is 0.239 e. The number of piperidine rings is 1. The molecule has 1 unspecified atom stereocenters. The number of hydrogen-bond acceptors (Lipinski definition) is 5. The van der Waals surface area contributed by atoms with Gasteiger partial charge in [0.05, 0.1) is 18.4 Å². The molecule has 0 aliphatic carbocycles. The Kier molecular flexibility index (Phi) is 5.69. The molecule has 0 saturated carbocycles. The molecule has 1 atom stereocenters. The molecule has 1 aliphatic heterocycles. The van der Waals surface area contributed by atoms with Crippen LogP contribution in [0.4, 0.5) is 5.82 Å². The zero-order valence-electron chi connectivity index (χ0n) is 16.1. The highest BCUT2D eigenvalue weighted by Crippen LogP contribution is 2.24. The minimum Gasteiger partial charge on any atom is -0.354 e. The Balaban J connectivity index is 1.28. The summed E-state index contributed by atoms with van der Waals surface area (Å²) < 4.78 is 0. The van der Waals surface area contributed by atoms with E-state index in [1.54, 1.807) is 6.33 Å². The lowest BCUT2D eigenvalue weighted by molar-refractivity contribution is -0.126. The van der Waals surface area contributed by atoms with Crippen LogP contribution in [0.3, 0.4) is 0 Å². The first-order chi connectivity index (χ1) is 14.2. The average molecular weight is 392 g/mol. The summed E-state index contributed by atoms with van der Waals surface area (Å²) in [6, 6.07) is 11.5. The van der Waals surface area contributed by atoms with E-state index in [0.29, 0.717) is 6.54 Å². The number of aromatic amines is 1. The van der Waals surface area contributed by atoms with Gasteiger partial charge in [0.2, 0.25) is 11.8 Å². The quantitative estimate of drug-likeness (QED) is 0.588. The van der Waals surface area contributed by atoms with E-state index in [4.69, 9.17) is 0 Å². The van der Waals surface area contributed by atoms with Gasteiger partial charge in [-0.25, -0.2) is 9.97 Å². The highest BCUT2D eigenvalue weighted by atomic mass is 16.2. The van der Waals surface area contributed by atoms with Crippen molar-refractivity contribution in [1.29, 1.82) is 0 Å². The molecule has 3 heterocycles. The predicted octanol–water partition coefficient (Wildman–Crippen LogP) is 1.40. The maximum absolute atomic E-state index is 12.3. The zero-order valence-corrected chi connectivity index (χ0v) is 16.1. The average Bonchev–Trinajstić information content (AvgIpc) is 3.22. The SMILES string of the molecule is O=C(Cc1ccccc1)NCC(=O)NC1CCCN(c2ncnc3[nH]ccc23)C1. The van der Waals surface area contributed by atoms with Gasteiger partial charge >= 0.3 is 0 Å². The number of nitrogens with zero attached hydrogens (tertiary/aromatic N) is 3. The Bertz CT molecular complexity index is 987. The van der Waals surface area contributed by atoms with Crippen molar-refractivity contribution in [2.24, 2.45) is 0 Å². The van der Waals surface area contributed by atoms with Gasteiger partial charge in [-0.1, -0.05) is 30.3 Å². The summed E-state index contributed by atoms with van der Waals surface area (Å²) in [5, 5.41) is 6.71. The van der Waals surface area contributed by atoms with Gasteiger partial charge in [0.25, 0.3) is 0 Å². The van der Waals surface area contributed by atoms with Gasteiger partial charge in [0.15, 0.2) is 0 Å². The number of carbonyl (C=O) groups is 2. The van der Waals surface area contributed by atoms with Crippen LogP contribution in [-0.2, 0) is 16.0 Å². The maximum Gasteiger partial charge on any atom is 0.239 e. The van der Waals surface area contributed by atoms with Crippen LogP contribution in [0, 0.1) is 0 Å². The lowest BCUT2D eigenvalue weighted by Crippen LogP contribution is -2.50. The minimum absolute atomic E-state index is 0.0161. The zero-order chi connectivity index (χ0) is 20.1. The molecule has 4 rings (SSSR count). The van der Waals surface area contributed by atoms with Crippen molar-refractivity contribution in [3.05, 3.63) is 54.5 Å². The van der Waals surface area contributed by atoms with Crippen LogP contribution in [0.1, 0.15) is 18.4 Å². The van der Waals surface area contributed by atoms with E-state index in [9.17, 15) is 9.59 Å². The number of rotatable bonds is 6. The van der Waals surface area contributed by atoms with Gasteiger partial charge in [0, 0.05) is 25.3 Å². The molecule has 2 amide bonds. The van der Waals surface area contributed by atoms with Crippen LogP contribution < -0.4 is 15.5 Å². The fourth-order valence-corrected chi connectivity index (χ4v) is 3.70. The Morgan fingerprint density at radius 2 is 2.00 bits per heavy atom. The van der Waals surface area contributed by atoms with Crippen molar-refractivity contribution in [3.63, 3.8) is 0 Å². The van der Waals surface area contributed by atoms with Crippen LogP contribution in [0.2, 0.25) is 0 Å². The summed E-state index contributed by atoms with van der Waals surface area (Å²) in [6.07, 6.45) is 5.54. The summed E-state index contributed by atoms with van der Waals surface area (Å²) in [4.78, 5) is 38.3. The minimum atomic E-state index is -0.173. The molecule has 3 N–H and O–H groups in total. The summed E-state index contributed by atoms with van der Waals surface area (Å²) in [7, 11) is 0. The van der Waals surface area contributed by atoms with E-state index >= 15 is 0 Å². The standard InChI is InChI=1S/C21H24N6O2/c28-18(11-15-5-2-1-3-6-15)23-12-19(29)26-16-7-4-10-27(13-16)21-17-8-9-22-20(17)24-14-25-21/h1-3,5-6,8-9,14,16H,4,7,10-13H2,(H,23,28)(H,26,29)(H,22,24,25). The number of benzene rings is 1. The van der Waals surface area contributed by atoms with Gasteiger partial charge in [-0.15, -0.1) is 0 Å². The molecule has 8 heteroatoms. The fourth-order valence-electron chi connectivity index (χ4n) is 3.70. The number of nitrogens with one attached hydrogen (secondary N) is 3. The van der Waals surface area contributed by atoms with Crippen molar-refractivity contribution in [3.8, 4) is 0 Å². The number of H-pyrrole nitrogens is 1. The molecule has 150 valence electrons. The molecule has 1 aliphatic rings. The summed E-state index contributed by atoms with van der Waals surface area (Å²) >= 11 is 0. The van der Waals surface area contributed by atoms with Crippen molar-refractivity contribution >= 4 is 28.7 Å². The normalized spacial score (nSPS) is 16.6. The molecule has 1 fully saturated rings. The maximum atomic E-state index is 12.3. The number of fused-ring (bicyclic) bond motifs is 1. The van der Waals surface area contributed by atoms with Gasteiger partial charge in [-0.3, -0.25) is 9.59 Å². The molecule has 29 heavy (non-hydrogen) atoms. The molecular formula is C21H24N6O2. The first kappa shape index (κ1) is 18.9. The number of carbonyl (C=O) groups excluding carboxylic acids is 2. The van der Waals surface area contributed by atoms with Crippen molar-refractivity contribution in [2.75, 3.05) is 24.5 Å². The van der Waals surface area contributed by atoms with Gasteiger partial charge in [0.1, 0.15) is 17.8 Å². The molecule has 2 aromatic heterocycles. The Morgan fingerprint density at radius 1 is 1.14 bits per heavy atom. The van der Waals surface area contributed by atoms with E-state index < -0.39 is 0 Å². The van der Waals surface area contributed by atoms with Crippen LogP contribution in [0.5, 0.6) is 0 Å².